The molecule has 0 aliphatic rings. The SMILES string of the molecule is CCCC(NCC(C)SC)c1cccnc1. The fraction of sp³-hybridized carbons (Fsp3) is 0.615. The third-order valence-corrected chi connectivity index (χ3v) is 3.69. The van der Waals surface area contributed by atoms with Crippen molar-refractivity contribution in [2.45, 2.75) is 38.0 Å². The number of rotatable bonds is 7. The van der Waals surface area contributed by atoms with Crippen LogP contribution in [0, 0.1) is 0 Å². The number of pyridine rings is 1. The van der Waals surface area contributed by atoms with Crippen LogP contribution in [0.3, 0.4) is 0 Å². The smallest absolute Gasteiger partial charge is 0.0335 e. The van der Waals surface area contributed by atoms with Crippen LogP contribution < -0.4 is 5.32 Å². The van der Waals surface area contributed by atoms with Crippen LogP contribution in [0.1, 0.15) is 38.3 Å². The third-order valence-electron chi connectivity index (χ3n) is 2.72. The van der Waals surface area contributed by atoms with E-state index in [-0.39, 0.29) is 0 Å². The van der Waals surface area contributed by atoms with Gasteiger partial charge < -0.3 is 5.32 Å². The van der Waals surface area contributed by atoms with E-state index in [2.05, 4.69) is 36.5 Å². The van der Waals surface area contributed by atoms with Gasteiger partial charge in [-0.1, -0.05) is 26.3 Å². The maximum atomic E-state index is 4.19. The number of nitrogens with one attached hydrogen (secondary N) is 1. The van der Waals surface area contributed by atoms with E-state index in [9.17, 15) is 0 Å². The molecule has 1 rings (SSSR count). The average molecular weight is 238 g/mol. The molecule has 2 unspecified atom stereocenters. The molecule has 0 fully saturated rings. The maximum Gasteiger partial charge on any atom is 0.0335 e. The van der Waals surface area contributed by atoms with Crippen LogP contribution in [0.5, 0.6) is 0 Å². The van der Waals surface area contributed by atoms with Gasteiger partial charge in [-0.2, -0.15) is 11.8 Å². The van der Waals surface area contributed by atoms with Crippen molar-refractivity contribution in [3.8, 4) is 0 Å². The summed E-state index contributed by atoms with van der Waals surface area (Å²) >= 11 is 1.90. The van der Waals surface area contributed by atoms with Gasteiger partial charge in [-0.3, -0.25) is 4.98 Å². The molecule has 0 aliphatic carbocycles. The van der Waals surface area contributed by atoms with Crippen LogP contribution in [-0.2, 0) is 0 Å². The highest BCUT2D eigenvalue weighted by molar-refractivity contribution is 7.99. The monoisotopic (exact) mass is 238 g/mol. The summed E-state index contributed by atoms with van der Waals surface area (Å²) in [6.45, 7) is 5.54. The van der Waals surface area contributed by atoms with Gasteiger partial charge >= 0.3 is 0 Å². The van der Waals surface area contributed by atoms with E-state index in [1.807, 2.05) is 30.2 Å². The quantitative estimate of drug-likeness (QED) is 0.789. The second kappa shape index (κ2) is 7.69. The Morgan fingerprint density at radius 3 is 2.88 bits per heavy atom. The van der Waals surface area contributed by atoms with E-state index in [1.165, 1.54) is 18.4 Å². The first-order valence-corrected chi connectivity index (χ1v) is 7.22. The van der Waals surface area contributed by atoms with E-state index in [0.29, 0.717) is 11.3 Å². The van der Waals surface area contributed by atoms with Crippen LogP contribution in [0.2, 0.25) is 0 Å². The van der Waals surface area contributed by atoms with Crippen molar-refractivity contribution in [2.75, 3.05) is 12.8 Å². The molecule has 3 heteroatoms. The molecule has 0 aromatic carbocycles. The zero-order chi connectivity index (χ0) is 11.8. The molecule has 0 aliphatic heterocycles. The molecule has 0 saturated carbocycles. The van der Waals surface area contributed by atoms with Gasteiger partial charge in [0.2, 0.25) is 0 Å². The van der Waals surface area contributed by atoms with Crippen molar-refractivity contribution in [3.63, 3.8) is 0 Å². The van der Waals surface area contributed by atoms with Gasteiger partial charge in [0, 0.05) is 30.2 Å². The fourth-order valence-corrected chi connectivity index (χ4v) is 1.91. The Balaban J connectivity index is 2.54. The highest BCUT2D eigenvalue weighted by Gasteiger charge is 2.10. The Bertz CT molecular complexity index is 277. The summed E-state index contributed by atoms with van der Waals surface area (Å²) in [7, 11) is 0. The Morgan fingerprint density at radius 2 is 2.31 bits per heavy atom. The lowest BCUT2D eigenvalue weighted by molar-refractivity contribution is 0.496. The summed E-state index contributed by atoms with van der Waals surface area (Å²) in [5.41, 5.74) is 1.30. The summed E-state index contributed by atoms with van der Waals surface area (Å²) in [4.78, 5) is 4.19. The van der Waals surface area contributed by atoms with Gasteiger partial charge in [-0.15, -0.1) is 0 Å². The standard InChI is InChI=1S/C13H22N2S/c1-4-6-13(15-9-11(2)16-3)12-7-5-8-14-10-12/h5,7-8,10-11,13,15H,4,6,9H2,1-3H3. The zero-order valence-corrected chi connectivity index (χ0v) is 11.3. The zero-order valence-electron chi connectivity index (χ0n) is 10.4. The van der Waals surface area contributed by atoms with E-state index in [0.717, 1.165) is 6.54 Å². The van der Waals surface area contributed by atoms with Crippen molar-refractivity contribution >= 4 is 11.8 Å². The highest BCUT2D eigenvalue weighted by atomic mass is 32.2. The minimum Gasteiger partial charge on any atom is -0.309 e. The summed E-state index contributed by atoms with van der Waals surface area (Å²) in [5, 5.41) is 4.29. The van der Waals surface area contributed by atoms with Gasteiger partial charge in [-0.25, -0.2) is 0 Å². The lowest BCUT2D eigenvalue weighted by Crippen LogP contribution is -2.27. The van der Waals surface area contributed by atoms with Crippen molar-refractivity contribution < 1.29 is 0 Å². The number of thioether (sulfide) groups is 1. The predicted octanol–water partition coefficient (Wildman–Crippen LogP) is 3.26. The van der Waals surface area contributed by atoms with Crippen LogP contribution >= 0.6 is 11.8 Å². The normalized spacial score (nSPS) is 14.7. The number of hydrogen-bond acceptors (Lipinski definition) is 3. The van der Waals surface area contributed by atoms with Crippen LogP contribution in [-0.4, -0.2) is 23.0 Å². The Hall–Kier alpha value is -0.540. The van der Waals surface area contributed by atoms with E-state index in [1.54, 1.807) is 0 Å². The maximum absolute atomic E-state index is 4.19. The Kier molecular flexibility index (Phi) is 6.50. The van der Waals surface area contributed by atoms with Crippen LogP contribution in [0.15, 0.2) is 24.5 Å². The molecule has 0 bridgehead atoms. The first kappa shape index (κ1) is 13.5. The van der Waals surface area contributed by atoms with Gasteiger partial charge in [-0.05, 0) is 24.3 Å². The van der Waals surface area contributed by atoms with Crippen molar-refractivity contribution in [1.29, 1.82) is 0 Å². The topological polar surface area (TPSA) is 24.9 Å². The second-order valence-corrected chi connectivity index (χ2v) is 5.36. The van der Waals surface area contributed by atoms with Gasteiger partial charge in [0.1, 0.15) is 0 Å². The van der Waals surface area contributed by atoms with Gasteiger partial charge in [0.25, 0.3) is 0 Å². The van der Waals surface area contributed by atoms with E-state index < -0.39 is 0 Å². The second-order valence-electron chi connectivity index (χ2n) is 4.08. The molecule has 0 saturated heterocycles. The molecule has 0 radical (unpaired) electrons. The third kappa shape index (κ3) is 4.54. The Labute approximate surface area is 103 Å². The van der Waals surface area contributed by atoms with E-state index >= 15 is 0 Å². The first-order valence-electron chi connectivity index (χ1n) is 5.94. The van der Waals surface area contributed by atoms with Crippen molar-refractivity contribution in [1.82, 2.24) is 10.3 Å². The van der Waals surface area contributed by atoms with E-state index in [4.69, 9.17) is 0 Å². The first-order chi connectivity index (χ1) is 7.77. The molecule has 2 atom stereocenters. The molecular formula is C13H22N2S. The minimum atomic E-state index is 0.452. The lowest BCUT2D eigenvalue weighted by Gasteiger charge is -2.20. The summed E-state index contributed by atoms with van der Waals surface area (Å²) in [6.07, 6.45) is 8.33. The molecule has 2 nitrogen and oxygen atoms in total. The van der Waals surface area contributed by atoms with Gasteiger partial charge in [0.15, 0.2) is 0 Å². The van der Waals surface area contributed by atoms with Crippen LogP contribution in [0.25, 0.3) is 0 Å². The molecule has 1 aromatic heterocycles. The fourth-order valence-electron chi connectivity index (χ4n) is 1.65. The number of hydrogen-bond donors (Lipinski definition) is 1. The molecule has 90 valence electrons. The molecular weight excluding hydrogens is 216 g/mol. The molecule has 1 aromatic rings. The molecule has 1 N–H and O–H groups in total. The molecule has 0 spiro atoms. The predicted molar refractivity (Wildman–Crippen MR) is 72.9 cm³/mol. The van der Waals surface area contributed by atoms with Crippen molar-refractivity contribution in [3.05, 3.63) is 30.1 Å². The van der Waals surface area contributed by atoms with Gasteiger partial charge in [0.05, 0.1) is 0 Å². The largest absolute Gasteiger partial charge is 0.309 e. The molecule has 16 heavy (non-hydrogen) atoms. The summed E-state index contributed by atoms with van der Waals surface area (Å²) in [6, 6.07) is 4.62. The summed E-state index contributed by atoms with van der Waals surface area (Å²) < 4.78 is 0. The number of aromatic nitrogens is 1. The Morgan fingerprint density at radius 1 is 1.50 bits per heavy atom. The highest BCUT2D eigenvalue weighted by Crippen LogP contribution is 2.17. The summed E-state index contributed by atoms with van der Waals surface area (Å²) in [5.74, 6) is 0. The minimum absolute atomic E-state index is 0.452. The molecule has 0 amide bonds. The molecule has 1 heterocycles. The average Bonchev–Trinajstić information content (AvgIpc) is 2.35. The van der Waals surface area contributed by atoms with Crippen molar-refractivity contribution in [2.24, 2.45) is 0 Å². The lowest BCUT2D eigenvalue weighted by atomic mass is 10.0. The van der Waals surface area contributed by atoms with Crippen LogP contribution in [0.4, 0.5) is 0 Å². The number of nitrogens with zero attached hydrogens (tertiary/aromatic N) is 1.